The maximum atomic E-state index is 13.5. The molecule has 2 aromatic rings. The van der Waals surface area contributed by atoms with Crippen LogP contribution in [-0.4, -0.2) is 49.3 Å². The van der Waals surface area contributed by atoms with Crippen molar-refractivity contribution in [2.45, 2.75) is 62.4 Å². The Hall–Kier alpha value is -1.69. The number of hydrogen-bond acceptors (Lipinski definition) is 3. The summed E-state index contributed by atoms with van der Waals surface area (Å²) >= 11 is 0. The molecule has 0 N–H and O–H groups in total. The molecule has 2 aromatic carbocycles. The van der Waals surface area contributed by atoms with E-state index in [9.17, 15) is 8.42 Å². The number of benzene rings is 2. The lowest BCUT2D eigenvalue weighted by Crippen LogP contribution is -2.56. The maximum Gasteiger partial charge on any atom is 0.243 e. The summed E-state index contributed by atoms with van der Waals surface area (Å²) in [4.78, 5) is 2.89. The van der Waals surface area contributed by atoms with Crippen molar-refractivity contribution in [1.29, 1.82) is 0 Å². The zero-order valence-electron chi connectivity index (χ0n) is 17.7. The minimum Gasteiger partial charge on any atom is -0.297 e. The van der Waals surface area contributed by atoms with Crippen molar-refractivity contribution in [1.82, 2.24) is 9.21 Å². The SMILES string of the molecule is CC(C)(C)c1ccc(S(=O)(=O)N2CCN(C3CC3)CC2Cc2ccccc2)cc1. The van der Waals surface area contributed by atoms with Crippen LogP contribution in [0.1, 0.15) is 44.7 Å². The second kappa shape index (κ2) is 7.86. The second-order valence-electron chi connectivity index (χ2n) is 9.46. The smallest absolute Gasteiger partial charge is 0.243 e. The molecule has 0 amide bonds. The normalized spacial score (nSPS) is 22.0. The Morgan fingerprint density at radius 1 is 0.931 bits per heavy atom. The van der Waals surface area contributed by atoms with Crippen LogP contribution in [0.3, 0.4) is 0 Å². The number of rotatable bonds is 5. The number of hydrogen-bond donors (Lipinski definition) is 0. The third-order valence-electron chi connectivity index (χ3n) is 6.16. The Kier molecular flexibility index (Phi) is 5.58. The molecule has 1 saturated heterocycles. The molecule has 4 nitrogen and oxygen atoms in total. The average Bonchev–Trinajstić information content (AvgIpc) is 3.53. The van der Waals surface area contributed by atoms with Crippen molar-refractivity contribution in [3.05, 3.63) is 65.7 Å². The number of sulfonamides is 1. The van der Waals surface area contributed by atoms with Crippen molar-refractivity contribution >= 4 is 10.0 Å². The van der Waals surface area contributed by atoms with Crippen molar-refractivity contribution < 1.29 is 8.42 Å². The third kappa shape index (κ3) is 4.57. The van der Waals surface area contributed by atoms with E-state index >= 15 is 0 Å². The molecular formula is C24H32N2O2S. The highest BCUT2D eigenvalue weighted by molar-refractivity contribution is 7.89. The molecular weight excluding hydrogens is 380 g/mol. The highest BCUT2D eigenvalue weighted by Crippen LogP contribution is 2.32. The van der Waals surface area contributed by atoms with Crippen LogP contribution in [0.15, 0.2) is 59.5 Å². The van der Waals surface area contributed by atoms with Crippen LogP contribution in [0.2, 0.25) is 0 Å². The third-order valence-corrected chi connectivity index (χ3v) is 8.13. The molecule has 156 valence electrons. The standard InChI is InChI=1S/C24H32N2O2S/c1-24(2,3)20-9-13-23(14-10-20)29(27,28)26-16-15-25(21-11-12-21)18-22(26)17-19-7-5-4-6-8-19/h4-10,13-14,21-22H,11-12,15-18H2,1-3H3. The minimum atomic E-state index is -3.52. The summed E-state index contributed by atoms with van der Waals surface area (Å²) in [5, 5.41) is 0. The van der Waals surface area contributed by atoms with E-state index in [1.165, 1.54) is 18.4 Å². The lowest BCUT2D eigenvalue weighted by molar-refractivity contribution is 0.128. The predicted molar refractivity (Wildman–Crippen MR) is 118 cm³/mol. The first-order chi connectivity index (χ1) is 13.7. The first-order valence-corrected chi connectivity index (χ1v) is 12.1. The average molecular weight is 413 g/mol. The summed E-state index contributed by atoms with van der Waals surface area (Å²) in [6.07, 6.45) is 3.25. The molecule has 0 bridgehead atoms. The molecule has 29 heavy (non-hydrogen) atoms. The van der Waals surface area contributed by atoms with Crippen LogP contribution in [-0.2, 0) is 21.9 Å². The predicted octanol–water partition coefficient (Wildman–Crippen LogP) is 4.06. The molecule has 0 radical (unpaired) electrons. The van der Waals surface area contributed by atoms with Gasteiger partial charge < -0.3 is 0 Å². The van der Waals surface area contributed by atoms with Gasteiger partial charge in [-0.15, -0.1) is 0 Å². The van der Waals surface area contributed by atoms with Crippen LogP contribution < -0.4 is 0 Å². The van der Waals surface area contributed by atoms with E-state index in [1.807, 2.05) is 30.3 Å². The van der Waals surface area contributed by atoms with Gasteiger partial charge in [-0.25, -0.2) is 8.42 Å². The van der Waals surface area contributed by atoms with Gasteiger partial charge in [-0.05, 0) is 47.9 Å². The highest BCUT2D eigenvalue weighted by atomic mass is 32.2. The van der Waals surface area contributed by atoms with Crippen molar-refractivity contribution in [2.75, 3.05) is 19.6 Å². The topological polar surface area (TPSA) is 40.6 Å². The van der Waals surface area contributed by atoms with Crippen LogP contribution in [0.25, 0.3) is 0 Å². The highest BCUT2D eigenvalue weighted by Gasteiger charge is 2.40. The fourth-order valence-corrected chi connectivity index (χ4v) is 5.87. The lowest BCUT2D eigenvalue weighted by atomic mass is 9.87. The molecule has 2 aliphatic rings. The van der Waals surface area contributed by atoms with Crippen molar-refractivity contribution in [3.8, 4) is 0 Å². The van der Waals surface area contributed by atoms with E-state index < -0.39 is 10.0 Å². The van der Waals surface area contributed by atoms with Gasteiger partial charge in [0.1, 0.15) is 0 Å². The summed E-state index contributed by atoms with van der Waals surface area (Å²) in [6.45, 7) is 8.64. The van der Waals surface area contributed by atoms with E-state index in [0.29, 0.717) is 17.5 Å². The van der Waals surface area contributed by atoms with Crippen LogP contribution >= 0.6 is 0 Å². The second-order valence-corrected chi connectivity index (χ2v) is 11.4. The first-order valence-electron chi connectivity index (χ1n) is 10.7. The minimum absolute atomic E-state index is 0.00796. The molecule has 2 fully saturated rings. The fourth-order valence-electron chi connectivity index (χ4n) is 4.27. The molecule has 0 spiro atoms. The lowest BCUT2D eigenvalue weighted by Gasteiger charge is -2.41. The van der Waals surface area contributed by atoms with Gasteiger partial charge in [0, 0.05) is 31.7 Å². The van der Waals surface area contributed by atoms with Gasteiger partial charge in [0.05, 0.1) is 4.90 Å². The summed E-state index contributed by atoms with van der Waals surface area (Å²) in [6, 6.07) is 18.4. The molecule has 4 rings (SSSR count). The molecule has 1 aliphatic heterocycles. The zero-order chi connectivity index (χ0) is 20.6. The van der Waals surface area contributed by atoms with Crippen LogP contribution in [0, 0.1) is 0 Å². The summed E-state index contributed by atoms with van der Waals surface area (Å²) < 4.78 is 28.9. The quantitative estimate of drug-likeness (QED) is 0.743. The summed E-state index contributed by atoms with van der Waals surface area (Å²) in [5.74, 6) is 0. The Morgan fingerprint density at radius 2 is 1.59 bits per heavy atom. The largest absolute Gasteiger partial charge is 0.297 e. The maximum absolute atomic E-state index is 13.5. The molecule has 1 heterocycles. The van der Waals surface area contributed by atoms with Gasteiger partial charge in [0.25, 0.3) is 0 Å². The van der Waals surface area contributed by atoms with Crippen LogP contribution in [0.4, 0.5) is 0 Å². The van der Waals surface area contributed by atoms with Gasteiger partial charge in [-0.2, -0.15) is 4.31 Å². The van der Waals surface area contributed by atoms with Gasteiger partial charge in [0.15, 0.2) is 0 Å². The van der Waals surface area contributed by atoms with E-state index in [0.717, 1.165) is 25.1 Å². The summed E-state index contributed by atoms with van der Waals surface area (Å²) in [7, 11) is -3.52. The zero-order valence-corrected chi connectivity index (χ0v) is 18.5. The molecule has 1 unspecified atom stereocenters. The summed E-state index contributed by atoms with van der Waals surface area (Å²) in [5.41, 5.74) is 2.35. The van der Waals surface area contributed by atoms with Gasteiger partial charge in [-0.1, -0.05) is 63.2 Å². The molecule has 1 atom stereocenters. The van der Waals surface area contributed by atoms with Crippen LogP contribution in [0.5, 0.6) is 0 Å². The van der Waals surface area contributed by atoms with Gasteiger partial charge >= 0.3 is 0 Å². The number of piperazine rings is 1. The Labute approximate surface area is 175 Å². The first kappa shape index (κ1) is 20.6. The Balaban J connectivity index is 1.60. The fraction of sp³-hybridized carbons (Fsp3) is 0.500. The van der Waals surface area contributed by atoms with E-state index in [1.54, 1.807) is 16.4 Å². The Bertz CT molecular complexity index is 929. The molecule has 0 aromatic heterocycles. The Morgan fingerprint density at radius 3 is 2.17 bits per heavy atom. The monoisotopic (exact) mass is 412 g/mol. The van der Waals surface area contributed by atoms with E-state index in [2.05, 4.69) is 37.8 Å². The van der Waals surface area contributed by atoms with Crippen molar-refractivity contribution in [2.24, 2.45) is 0 Å². The van der Waals surface area contributed by atoms with E-state index in [4.69, 9.17) is 0 Å². The van der Waals surface area contributed by atoms with E-state index in [-0.39, 0.29) is 11.5 Å². The van der Waals surface area contributed by atoms with Crippen molar-refractivity contribution in [3.63, 3.8) is 0 Å². The molecule has 1 saturated carbocycles. The van der Waals surface area contributed by atoms with Gasteiger partial charge in [-0.3, -0.25) is 4.90 Å². The molecule has 1 aliphatic carbocycles. The number of nitrogens with zero attached hydrogens (tertiary/aromatic N) is 2. The van der Waals surface area contributed by atoms with Gasteiger partial charge in [0.2, 0.25) is 10.0 Å². The molecule has 5 heteroatoms.